The number of nitrogens with one attached hydrogen (secondary N) is 2. The number of hydrogen-bond acceptors (Lipinski definition) is 7. The second-order valence-corrected chi connectivity index (χ2v) is 7.10. The maximum Gasteiger partial charge on any atom is 0.225 e. The van der Waals surface area contributed by atoms with Crippen molar-refractivity contribution >= 4 is 29.1 Å². The SMILES string of the molecule is CC(C)[C@H](CO)Nc1nc(Nc2cc(Cl)ccc2O)cc(-c2ccncc2)n1. The first kappa shape index (κ1) is 19.9. The zero-order chi connectivity index (χ0) is 20.1. The number of aromatic nitrogens is 3. The van der Waals surface area contributed by atoms with Crippen LogP contribution in [0.5, 0.6) is 5.75 Å². The van der Waals surface area contributed by atoms with Gasteiger partial charge in [0, 0.05) is 29.0 Å². The van der Waals surface area contributed by atoms with Crippen LogP contribution in [-0.2, 0) is 0 Å². The molecule has 0 fully saturated rings. The van der Waals surface area contributed by atoms with E-state index in [1.165, 1.54) is 6.07 Å². The van der Waals surface area contributed by atoms with Gasteiger partial charge in [-0.25, -0.2) is 4.98 Å². The normalized spacial score (nSPS) is 12.0. The van der Waals surface area contributed by atoms with Crippen molar-refractivity contribution in [3.63, 3.8) is 0 Å². The number of halogens is 1. The molecule has 1 aromatic carbocycles. The Labute approximate surface area is 168 Å². The highest BCUT2D eigenvalue weighted by molar-refractivity contribution is 6.31. The summed E-state index contributed by atoms with van der Waals surface area (Å²) >= 11 is 6.03. The van der Waals surface area contributed by atoms with E-state index < -0.39 is 0 Å². The minimum Gasteiger partial charge on any atom is -0.506 e. The summed E-state index contributed by atoms with van der Waals surface area (Å²) in [6, 6.07) is 9.99. The summed E-state index contributed by atoms with van der Waals surface area (Å²) in [4.78, 5) is 13.1. The molecular weight excluding hydrogens is 378 g/mol. The number of aliphatic hydroxyl groups is 1. The molecule has 0 saturated heterocycles. The summed E-state index contributed by atoms with van der Waals surface area (Å²) in [6.07, 6.45) is 3.37. The van der Waals surface area contributed by atoms with Crippen molar-refractivity contribution in [3.05, 3.63) is 53.8 Å². The quantitative estimate of drug-likeness (QED) is 0.444. The number of phenolic OH excluding ortho intramolecular Hbond substituents is 1. The summed E-state index contributed by atoms with van der Waals surface area (Å²) in [6.45, 7) is 3.96. The van der Waals surface area contributed by atoms with Crippen LogP contribution in [-0.4, -0.2) is 37.8 Å². The van der Waals surface area contributed by atoms with Gasteiger partial charge in [-0.15, -0.1) is 0 Å². The molecule has 4 N–H and O–H groups in total. The maximum absolute atomic E-state index is 10.1. The number of phenols is 1. The first-order chi connectivity index (χ1) is 13.5. The predicted octanol–water partition coefficient (Wildman–Crippen LogP) is 4.07. The van der Waals surface area contributed by atoms with Crippen molar-refractivity contribution in [3.8, 4) is 17.0 Å². The Bertz CT molecular complexity index is 937. The molecule has 0 aliphatic rings. The van der Waals surface area contributed by atoms with Crippen LogP contribution in [0, 0.1) is 5.92 Å². The fraction of sp³-hybridized carbons (Fsp3) is 0.250. The van der Waals surface area contributed by atoms with Crippen molar-refractivity contribution in [2.45, 2.75) is 19.9 Å². The number of benzene rings is 1. The van der Waals surface area contributed by atoms with E-state index in [2.05, 4.69) is 25.6 Å². The third kappa shape index (κ3) is 4.88. The summed E-state index contributed by atoms with van der Waals surface area (Å²) in [5.41, 5.74) is 1.97. The van der Waals surface area contributed by atoms with Crippen molar-refractivity contribution < 1.29 is 10.2 Å². The van der Waals surface area contributed by atoms with Gasteiger partial charge in [0.25, 0.3) is 0 Å². The van der Waals surface area contributed by atoms with Crippen LogP contribution >= 0.6 is 11.6 Å². The smallest absolute Gasteiger partial charge is 0.225 e. The number of aliphatic hydroxyl groups excluding tert-OH is 1. The molecule has 28 heavy (non-hydrogen) atoms. The Morgan fingerprint density at radius 1 is 1.07 bits per heavy atom. The van der Waals surface area contributed by atoms with Crippen LogP contribution in [0.25, 0.3) is 11.3 Å². The molecule has 0 amide bonds. The molecule has 0 bridgehead atoms. The summed E-state index contributed by atoms with van der Waals surface area (Å²) < 4.78 is 0. The van der Waals surface area contributed by atoms with Gasteiger partial charge in [-0.05, 0) is 36.2 Å². The number of aromatic hydroxyl groups is 1. The molecule has 0 spiro atoms. The predicted molar refractivity (Wildman–Crippen MR) is 111 cm³/mol. The fourth-order valence-electron chi connectivity index (χ4n) is 2.58. The molecule has 8 heteroatoms. The zero-order valence-corrected chi connectivity index (χ0v) is 16.4. The molecule has 3 rings (SSSR count). The van der Waals surface area contributed by atoms with Crippen LogP contribution in [0.4, 0.5) is 17.5 Å². The summed E-state index contributed by atoms with van der Waals surface area (Å²) in [5.74, 6) is 1.08. The maximum atomic E-state index is 10.1. The minimum absolute atomic E-state index is 0.0433. The number of pyridine rings is 1. The average Bonchev–Trinajstić information content (AvgIpc) is 2.69. The first-order valence-electron chi connectivity index (χ1n) is 8.88. The Kier molecular flexibility index (Phi) is 6.28. The molecule has 0 saturated carbocycles. The van der Waals surface area contributed by atoms with Gasteiger partial charge in [0.2, 0.25) is 5.95 Å². The van der Waals surface area contributed by atoms with Crippen LogP contribution in [0.2, 0.25) is 5.02 Å². The lowest BCUT2D eigenvalue weighted by molar-refractivity contribution is 0.248. The molecule has 3 aromatic rings. The van der Waals surface area contributed by atoms with Gasteiger partial charge in [-0.1, -0.05) is 25.4 Å². The van der Waals surface area contributed by atoms with Crippen LogP contribution in [0.1, 0.15) is 13.8 Å². The van der Waals surface area contributed by atoms with Gasteiger partial charge < -0.3 is 20.8 Å². The lowest BCUT2D eigenvalue weighted by Crippen LogP contribution is -2.30. The van der Waals surface area contributed by atoms with Crippen LogP contribution in [0.15, 0.2) is 48.8 Å². The van der Waals surface area contributed by atoms with Crippen LogP contribution in [0.3, 0.4) is 0 Å². The monoisotopic (exact) mass is 399 g/mol. The van der Waals surface area contributed by atoms with Crippen molar-refractivity contribution in [1.82, 2.24) is 15.0 Å². The van der Waals surface area contributed by atoms with Crippen molar-refractivity contribution in [1.29, 1.82) is 0 Å². The van der Waals surface area contributed by atoms with E-state index in [-0.39, 0.29) is 24.3 Å². The molecule has 7 nitrogen and oxygen atoms in total. The van der Waals surface area contributed by atoms with E-state index in [1.807, 2.05) is 26.0 Å². The highest BCUT2D eigenvalue weighted by Crippen LogP contribution is 2.30. The molecular formula is C20H22ClN5O2. The third-order valence-electron chi connectivity index (χ3n) is 4.24. The topological polar surface area (TPSA) is 103 Å². The Hall–Kier alpha value is -2.90. The molecule has 2 heterocycles. The lowest BCUT2D eigenvalue weighted by atomic mass is 10.1. The summed E-state index contributed by atoms with van der Waals surface area (Å²) in [7, 11) is 0. The van der Waals surface area contributed by atoms with Gasteiger partial charge in [-0.3, -0.25) is 4.98 Å². The van der Waals surface area contributed by atoms with Gasteiger partial charge in [0.05, 0.1) is 24.0 Å². The van der Waals surface area contributed by atoms with E-state index in [9.17, 15) is 10.2 Å². The molecule has 0 unspecified atom stereocenters. The molecule has 0 aliphatic heterocycles. The van der Waals surface area contributed by atoms with Gasteiger partial charge in [0.1, 0.15) is 11.6 Å². The van der Waals surface area contributed by atoms with Gasteiger partial charge in [-0.2, -0.15) is 4.98 Å². The lowest BCUT2D eigenvalue weighted by Gasteiger charge is -2.21. The molecule has 2 aromatic heterocycles. The molecule has 0 aliphatic carbocycles. The average molecular weight is 400 g/mol. The largest absolute Gasteiger partial charge is 0.506 e. The second-order valence-electron chi connectivity index (χ2n) is 6.66. The van der Waals surface area contributed by atoms with Crippen molar-refractivity contribution in [2.24, 2.45) is 5.92 Å². The van der Waals surface area contributed by atoms with Gasteiger partial charge >= 0.3 is 0 Å². The number of nitrogens with zero attached hydrogens (tertiary/aromatic N) is 3. The fourth-order valence-corrected chi connectivity index (χ4v) is 2.75. The van der Waals surface area contributed by atoms with E-state index in [4.69, 9.17) is 11.6 Å². The first-order valence-corrected chi connectivity index (χ1v) is 9.26. The zero-order valence-electron chi connectivity index (χ0n) is 15.6. The highest BCUT2D eigenvalue weighted by atomic mass is 35.5. The molecule has 146 valence electrons. The number of rotatable bonds is 7. The highest BCUT2D eigenvalue weighted by Gasteiger charge is 2.15. The van der Waals surface area contributed by atoms with E-state index in [1.54, 1.807) is 30.6 Å². The molecule has 1 atom stereocenters. The van der Waals surface area contributed by atoms with Crippen LogP contribution < -0.4 is 10.6 Å². The summed E-state index contributed by atoms with van der Waals surface area (Å²) in [5, 5.41) is 26.5. The Balaban J connectivity index is 2.00. The second kappa shape index (κ2) is 8.86. The van der Waals surface area contributed by atoms with E-state index in [0.717, 1.165) is 5.56 Å². The van der Waals surface area contributed by atoms with E-state index in [0.29, 0.717) is 28.2 Å². The minimum atomic E-state index is -0.194. The Morgan fingerprint density at radius 3 is 2.50 bits per heavy atom. The Morgan fingerprint density at radius 2 is 1.82 bits per heavy atom. The number of anilines is 3. The van der Waals surface area contributed by atoms with E-state index >= 15 is 0 Å². The van der Waals surface area contributed by atoms with Crippen molar-refractivity contribution in [2.75, 3.05) is 17.2 Å². The van der Waals surface area contributed by atoms with Gasteiger partial charge in [0.15, 0.2) is 0 Å². The number of hydrogen-bond donors (Lipinski definition) is 4. The third-order valence-corrected chi connectivity index (χ3v) is 4.47. The standard InChI is InChI=1S/C20H22ClN5O2/c1-12(2)17(11-27)25-20-24-15(13-5-7-22-8-6-13)10-19(26-20)23-16-9-14(21)3-4-18(16)28/h3-10,12,17,27-28H,11H2,1-2H3,(H2,23,24,25,26)/t17-/m0/s1. The molecule has 0 radical (unpaired) electrons.